The summed E-state index contributed by atoms with van der Waals surface area (Å²) in [6, 6.07) is 18.7. The summed E-state index contributed by atoms with van der Waals surface area (Å²) in [4.78, 5) is 15.5. The van der Waals surface area contributed by atoms with Crippen LogP contribution in [-0.4, -0.2) is 36.2 Å². The quantitative estimate of drug-likeness (QED) is 0.657. The molecule has 0 radical (unpaired) electrons. The molecule has 1 saturated heterocycles. The Kier molecular flexibility index (Phi) is 5.59. The molecule has 1 aliphatic rings. The Hall–Kier alpha value is -2.20. The van der Waals surface area contributed by atoms with Crippen LogP contribution in [0.3, 0.4) is 0 Å². The van der Waals surface area contributed by atoms with Crippen molar-refractivity contribution in [3.63, 3.8) is 0 Å². The molecule has 3 rings (SSSR count). The van der Waals surface area contributed by atoms with Gasteiger partial charge >= 0.3 is 0 Å². The Bertz CT molecular complexity index is 697. The lowest BCUT2D eigenvalue weighted by Gasteiger charge is -2.16. The summed E-state index contributed by atoms with van der Waals surface area (Å²) in [5.74, 6) is 0.0845. The highest BCUT2D eigenvalue weighted by Crippen LogP contribution is 2.17. The molecule has 0 aliphatic carbocycles. The zero-order chi connectivity index (χ0) is 16.8. The summed E-state index contributed by atoms with van der Waals surface area (Å²) < 4.78 is 0. The fraction of sp³-hybridized carbons (Fsp3) is 0.250. The van der Waals surface area contributed by atoms with E-state index in [1.165, 1.54) is 4.90 Å². The van der Waals surface area contributed by atoms with Gasteiger partial charge in [0.15, 0.2) is 0 Å². The standard InChI is InChI=1S/C20H22N2OS/c1-24-19-10-7-16(8-11-19)9-12-20(23)22-14-13-18(15-22)21-17-5-3-2-4-6-17/h2-12,18,21H,13-15H2,1H3/b12-9+. The average molecular weight is 338 g/mol. The van der Waals surface area contributed by atoms with Crippen molar-refractivity contribution in [3.8, 4) is 0 Å². The first-order valence-corrected chi connectivity index (χ1v) is 9.40. The van der Waals surface area contributed by atoms with E-state index in [1.54, 1.807) is 17.8 Å². The van der Waals surface area contributed by atoms with Crippen molar-refractivity contribution in [2.24, 2.45) is 0 Å². The van der Waals surface area contributed by atoms with E-state index in [0.717, 1.165) is 30.8 Å². The smallest absolute Gasteiger partial charge is 0.246 e. The van der Waals surface area contributed by atoms with Crippen molar-refractivity contribution in [2.45, 2.75) is 17.4 Å². The molecule has 0 spiro atoms. The average Bonchev–Trinajstić information content (AvgIpc) is 3.09. The first-order valence-electron chi connectivity index (χ1n) is 8.17. The first-order chi connectivity index (χ1) is 11.7. The molecule has 1 amide bonds. The summed E-state index contributed by atoms with van der Waals surface area (Å²) in [5.41, 5.74) is 2.17. The van der Waals surface area contributed by atoms with Crippen molar-refractivity contribution < 1.29 is 4.79 Å². The fourth-order valence-electron chi connectivity index (χ4n) is 2.84. The minimum absolute atomic E-state index is 0.0845. The molecule has 1 aliphatic heterocycles. The molecule has 1 heterocycles. The largest absolute Gasteiger partial charge is 0.380 e. The summed E-state index contributed by atoms with van der Waals surface area (Å²) in [5, 5.41) is 3.49. The number of hydrogen-bond acceptors (Lipinski definition) is 3. The van der Waals surface area contributed by atoms with E-state index >= 15 is 0 Å². The molecule has 1 atom stereocenters. The molecule has 24 heavy (non-hydrogen) atoms. The minimum atomic E-state index is 0.0845. The lowest BCUT2D eigenvalue weighted by atomic mass is 10.2. The third-order valence-electron chi connectivity index (χ3n) is 4.18. The zero-order valence-electron chi connectivity index (χ0n) is 13.8. The number of amides is 1. The van der Waals surface area contributed by atoms with Gasteiger partial charge < -0.3 is 10.2 Å². The van der Waals surface area contributed by atoms with Crippen molar-refractivity contribution in [1.82, 2.24) is 4.90 Å². The molecule has 1 N–H and O–H groups in total. The van der Waals surface area contributed by atoms with Gasteiger partial charge in [-0.1, -0.05) is 30.3 Å². The van der Waals surface area contributed by atoms with Crippen LogP contribution in [0.25, 0.3) is 6.08 Å². The van der Waals surface area contributed by atoms with Crippen LogP contribution in [0.2, 0.25) is 0 Å². The fourth-order valence-corrected chi connectivity index (χ4v) is 3.24. The molecular weight excluding hydrogens is 316 g/mol. The van der Waals surface area contributed by atoms with Crippen LogP contribution in [0, 0.1) is 0 Å². The number of benzene rings is 2. The van der Waals surface area contributed by atoms with E-state index < -0.39 is 0 Å². The van der Waals surface area contributed by atoms with Gasteiger partial charge in [0, 0.05) is 35.8 Å². The van der Waals surface area contributed by atoms with E-state index in [4.69, 9.17) is 0 Å². The second kappa shape index (κ2) is 8.06. The van der Waals surface area contributed by atoms with E-state index in [2.05, 4.69) is 35.8 Å². The summed E-state index contributed by atoms with van der Waals surface area (Å²) in [6.07, 6.45) is 6.61. The van der Waals surface area contributed by atoms with Gasteiger partial charge in [-0.3, -0.25) is 4.79 Å². The number of anilines is 1. The van der Waals surface area contributed by atoms with Gasteiger partial charge in [-0.25, -0.2) is 0 Å². The summed E-state index contributed by atoms with van der Waals surface area (Å²) in [6.45, 7) is 1.56. The number of nitrogens with one attached hydrogen (secondary N) is 1. The van der Waals surface area contributed by atoms with Crippen molar-refractivity contribution in [2.75, 3.05) is 24.7 Å². The number of likely N-dealkylation sites (tertiary alicyclic amines) is 1. The Labute approximate surface area is 147 Å². The van der Waals surface area contributed by atoms with Gasteiger partial charge in [-0.05, 0) is 48.6 Å². The number of nitrogens with zero attached hydrogens (tertiary/aromatic N) is 1. The predicted octanol–water partition coefficient (Wildman–Crippen LogP) is 4.13. The van der Waals surface area contributed by atoms with Crippen LogP contribution in [0.5, 0.6) is 0 Å². The van der Waals surface area contributed by atoms with Crippen LogP contribution in [0.4, 0.5) is 5.69 Å². The van der Waals surface area contributed by atoms with Gasteiger partial charge in [0.1, 0.15) is 0 Å². The van der Waals surface area contributed by atoms with Crippen molar-refractivity contribution in [3.05, 3.63) is 66.2 Å². The third-order valence-corrected chi connectivity index (χ3v) is 4.92. The van der Waals surface area contributed by atoms with Crippen LogP contribution in [-0.2, 0) is 4.79 Å². The van der Waals surface area contributed by atoms with Gasteiger partial charge in [-0.15, -0.1) is 11.8 Å². The monoisotopic (exact) mass is 338 g/mol. The Morgan fingerprint density at radius 3 is 2.62 bits per heavy atom. The molecular formula is C20H22N2OS. The highest BCUT2D eigenvalue weighted by Gasteiger charge is 2.24. The number of thioether (sulfide) groups is 1. The molecule has 4 heteroatoms. The van der Waals surface area contributed by atoms with Crippen molar-refractivity contribution >= 4 is 29.4 Å². The van der Waals surface area contributed by atoms with Crippen LogP contribution >= 0.6 is 11.8 Å². The van der Waals surface area contributed by atoms with Crippen LogP contribution in [0.1, 0.15) is 12.0 Å². The predicted molar refractivity (Wildman–Crippen MR) is 102 cm³/mol. The Balaban J connectivity index is 1.53. The van der Waals surface area contributed by atoms with E-state index in [0.29, 0.717) is 6.04 Å². The number of carbonyl (C=O) groups excluding carboxylic acids is 1. The second-order valence-electron chi connectivity index (χ2n) is 5.89. The maximum atomic E-state index is 12.3. The molecule has 0 saturated carbocycles. The molecule has 0 aromatic heterocycles. The molecule has 1 fully saturated rings. The second-order valence-corrected chi connectivity index (χ2v) is 6.77. The molecule has 2 aromatic rings. The lowest BCUT2D eigenvalue weighted by molar-refractivity contribution is -0.124. The first kappa shape index (κ1) is 16.7. The SMILES string of the molecule is CSc1ccc(/C=C/C(=O)N2CCC(Nc3ccccc3)C2)cc1. The number of carbonyl (C=O) groups is 1. The van der Waals surface area contributed by atoms with Gasteiger partial charge in [-0.2, -0.15) is 0 Å². The van der Waals surface area contributed by atoms with Gasteiger partial charge in [0.2, 0.25) is 5.91 Å². The minimum Gasteiger partial charge on any atom is -0.380 e. The van der Waals surface area contributed by atoms with Gasteiger partial charge in [0.05, 0.1) is 0 Å². The number of rotatable bonds is 5. The molecule has 0 bridgehead atoms. The Morgan fingerprint density at radius 2 is 1.92 bits per heavy atom. The summed E-state index contributed by atoms with van der Waals surface area (Å²) in [7, 11) is 0. The maximum Gasteiger partial charge on any atom is 0.246 e. The third kappa shape index (κ3) is 4.42. The molecule has 1 unspecified atom stereocenters. The normalized spacial score (nSPS) is 17.4. The van der Waals surface area contributed by atoms with E-state index in [-0.39, 0.29) is 5.91 Å². The van der Waals surface area contributed by atoms with E-state index in [1.807, 2.05) is 41.3 Å². The zero-order valence-corrected chi connectivity index (χ0v) is 14.6. The van der Waals surface area contributed by atoms with Crippen molar-refractivity contribution in [1.29, 1.82) is 0 Å². The topological polar surface area (TPSA) is 32.3 Å². The van der Waals surface area contributed by atoms with Crippen LogP contribution in [0.15, 0.2) is 65.6 Å². The number of para-hydroxylation sites is 1. The molecule has 2 aromatic carbocycles. The molecule has 3 nitrogen and oxygen atoms in total. The number of hydrogen-bond donors (Lipinski definition) is 1. The lowest BCUT2D eigenvalue weighted by Crippen LogP contribution is -2.30. The highest BCUT2D eigenvalue weighted by atomic mass is 32.2. The van der Waals surface area contributed by atoms with Gasteiger partial charge in [0.25, 0.3) is 0 Å². The maximum absolute atomic E-state index is 12.3. The highest BCUT2D eigenvalue weighted by molar-refractivity contribution is 7.98. The van der Waals surface area contributed by atoms with E-state index in [9.17, 15) is 4.79 Å². The Morgan fingerprint density at radius 1 is 1.17 bits per heavy atom. The summed E-state index contributed by atoms with van der Waals surface area (Å²) >= 11 is 1.72. The van der Waals surface area contributed by atoms with Crippen LogP contribution < -0.4 is 5.32 Å². The molecule has 124 valence electrons.